The lowest BCUT2D eigenvalue weighted by Crippen LogP contribution is -2.53. The lowest BCUT2D eigenvalue weighted by Gasteiger charge is -2.37. The quantitative estimate of drug-likeness (QED) is 0.265. The molecule has 0 aromatic heterocycles. The fraction of sp³-hybridized carbons (Fsp3) is 0.688. The predicted molar refractivity (Wildman–Crippen MR) is 158 cm³/mol. The second-order valence-electron chi connectivity index (χ2n) is 13.4. The van der Waals surface area contributed by atoms with E-state index in [1.807, 2.05) is 11.8 Å². The molecular weight excluding hydrogens is 567 g/mol. The van der Waals surface area contributed by atoms with Crippen LogP contribution in [0.3, 0.4) is 0 Å². The minimum atomic E-state index is -4.56. The highest BCUT2D eigenvalue weighted by Crippen LogP contribution is 2.43. The van der Waals surface area contributed by atoms with E-state index in [-0.39, 0.29) is 48.0 Å². The molecule has 1 aromatic carbocycles. The molecule has 0 unspecified atom stereocenters. The van der Waals surface area contributed by atoms with Gasteiger partial charge in [0.05, 0.1) is 17.4 Å². The van der Waals surface area contributed by atoms with Gasteiger partial charge in [0.1, 0.15) is 5.60 Å². The van der Waals surface area contributed by atoms with Crippen molar-refractivity contribution in [2.45, 2.75) is 97.0 Å². The number of ether oxygens (including phenoxy) is 1. The monoisotopic (exact) mass is 611 g/mol. The summed E-state index contributed by atoms with van der Waals surface area (Å²) in [6, 6.07) is 3.74. The molecule has 4 rings (SSSR count). The van der Waals surface area contributed by atoms with Crippen LogP contribution in [0.1, 0.15) is 83.8 Å². The van der Waals surface area contributed by atoms with Gasteiger partial charge in [0.15, 0.2) is 0 Å². The normalized spacial score (nSPS) is 24.9. The predicted octanol–water partition coefficient (Wildman–Crippen LogP) is 6.61. The summed E-state index contributed by atoms with van der Waals surface area (Å²) in [6.07, 6.45) is 4.13. The molecule has 10 heteroatoms. The second-order valence-corrected chi connectivity index (χ2v) is 13.8. The summed E-state index contributed by atoms with van der Waals surface area (Å²) >= 11 is 6.26. The van der Waals surface area contributed by atoms with Gasteiger partial charge in [-0.05, 0) is 82.9 Å². The van der Waals surface area contributed by atoms with Crippen LogP contribution in [0.15, 0.2) is 29.8 Å². The number of carbonyl (C=O) groups is 2. The number of nitrogens with zero attached hydrogens (tertiary/aromatic N) is 2. The molecule has 2 saturated heterocycles. The van der Waals surface area contributed by atoms with E-state index in [0.29, 0.717) is 6.54 Å². The number of piperidine rings is 1. The van der Waals surface area contributed by atoms with Crippen molar-refractivity contribution < 1.29 is 27.5 Å². The van der Waals surface area contributed by atoms with Gasteiger partial charge >= 0.3 is 12.1 Å². The summed E-state index contributed by atoms with van der Waals surface area (Å²) in [5.74, 6) is -1.01. The molecule has 3 aliphatic rings. The molecule has 234 valence electrons. The third kappa shape index (κ3) is 8.29. The van der Waals surface area contributed by atoms with Crippen molar-refractivity contribution >= 4 is 23.5 Å². The smallest absolute Gasteiger partial charge is 0.416 e. The van der Waals surface area contributed by atoms with Gasteiger partial charge in [0, 0.05) is 50.3 Å². The van der Waals surface area contributed by atoms with Gasteiger partial charge in [-0.1, -0.05) is 36.2 Å². The molecule has 0 spiro atoms. The lowest BCUT2D eigenvalue weighted by molar-refractivity contribution is -0.161. The van der Waals surface area contributed by atoms with Crippen LogP contribution in [0.4, 0.5) is 13.2 Å². The number of alkyl halides is 3. The fourth-order valence-electron chi connectivity index (χ4n) is 6.65. The van der Waals surface area contributed by atoms with Crippen molar-refractivity contribution in [3.63, 3.8) is 0 Å². The molecule has 2 aliphatic heterocycles. The summed E-state index contributed by atoms with van der Waals surface area (Å²) in [5.41, 5.74) is -1.16. The minimum absolute atomic E-state index is 0.0206. The number of nitrogens with one attached hydrogen (secondary N) is 1. The van der Waals surface area contributed by atoms with E-state index in [1.165, 1.54) is 30.5 Å². The Morgan fingerprint density at radius 3 is 2.43 bits per heavy atom. The first-order valence-corrected chi connectivity index (χ1v) is 15.5. The first-order chi connectivity index (χ1) is 19.7. The second kappa shape index (κ2) is 13.3. The van der Waals surface area contributed by atoms with Crippen molar-refractivity contribution in [2.75, 3.05) is 32.7 Å². The highest BCUT2D eigenvalue weighted by atomic mass is 35.5. The van der Waals surface area contributed by atoms with Crippen molar-refractivity contribution in [1.82, 2.24) is 15.1 Å². The number of allylic oxidation sites excluding steroid dienone is 1. The van der Waals surface area contributed by atoms with Crippen LogP contribution in [-0.4, -0.2) is 66.0 Å². The largest absolute Gasteiger partial charge is 0.460 e. The number of amides is 1. The lowest BCUT2D eigenvalue weighted by atomic mass is 9.75. The van der Waals surface area contributed by atoms with Crippen LogP contribution >= 0.6 is 11.6 Å². The Labute approximate surface area is 253 Å². The molecule has 2 atom stereocenters. The molecule has 0 saturated carbocycles. The van der Waals surface area contributed by atoms with Crippen molar-refractivity contribution in [3.05, 3.63) is 46.0 Å². The van der Waals surface area contributed by atoms with E-state index < -0.39 is 28.7 Å². The average molecular weight is 612 g/mol. The molecule has 2 fully saturated rings. The first kappa shape index (κ1) is 32.8. The number of carbonyl (C=O) groups excluding carboxylic acids is 2. The number of rotatable bonds is 8. The maximum absolute atomic E-state index is 14.1. The number of halogens is 4. The summed E-state index contributed by atoms with van der Waals surface area (Å²) < 4.78 is 47.0. The summed E-state index contributed by atoms with van der Waals surface area (Å²) in [5, 5.41) is 3.27. The van der Waals surface area contributed by atoms with Crippen LogP contribution in [-0.2, 0) is 27.0 Å². The van der Waals surface area contributed by atoms with E-state index in [9.17, 15) is 22.8 Å². The molecule has 1 amide bonds. The van der Waals surface area contributed by atoms with Crippen LogP contribution < -0.4 is 5.32 Å². The fourth-order valence-corrected chi connectivity index (χ4v) is 6.89. The Kier molecular flexibility index (Phi) is 10.4. The standard InChI is InChI=1S/C32H45ClF3N3O3/c1-22-18-39(20-25-26(32(34,35)36)11-8-12-27(25)33)21-31(22,17-28(40)42-30(2,3)4)29(41)37-24-13-15-38(16-14-24)19-23-9-6-5-7-10-23/h8-9,11-12,22,24H,5-7,10,13-21H2,1-4H3,(H,37,41)/t22-,31+/m1/s1. The Hall–Kier alpha value is -2.10. The zero-order valence-electron chi connectivity index (χ0n) is 25.3. The van der Waals surface area contributed by atoms with Gasteiger partial charge in [-0.2, -0.15) is 13.2 Å². The van der Waals surface area contributed by atoms with E-state index in [0.717, 1.165) is 51.4 Å². The third-order valence-electron chi connectivity index (χ3n) is 8.85. The number of hydrogen-bond acceptors (Lipinski definition) is 5. The number of hydrogen-bond donors (Lipinski definition) is 1. The molecule has 1 aliphatic carbocycles. The van der Waals surface area contributed by atoms with Crippen molar-refractivity contribution in [2.24, 2.45) is 11.3 Å². The highest BCUT2D eigenvalue weighted by Gasteiger charge is 2.52. The maximum atomic E-state index is 14.1. The molecule has 6 nitrogen and oxygen atoms in total. The van der Waals surface area contributed by atoms with E-state index in [4.69, 9.17) is 16.3 Å². The summed E-state index contributed by atoms with van der Waals surface area (Å²) in [7, 11) is 0. The van der Waals surface area contributed by atoms with E-state index in [2.05, 4.69) is 16.3 Å². The third-order valence-corrected chi connectivity index (χ3v) is 9.21. The topological polar surface area (TPSA) is 61.9 Å². The number of esters is 1. The molecule has 0 radical (unpaired) electrons. The SMILES string of the molecule is C[C@@H]1CN(Cc2c(Cl)cccc2C(F)(F)F)C[C@]1(CC(=O)OC(C)(C)C)C(=O)NC1CCN(CC2=CCCCC2)CC1. The number of likely N-dealkylation sites (tertiary alicyclic amines) is 2. The molecule has 1 aromatic rings. The van der Waals surface area contributed by atoms with Crippen LogP contribution in [0.2, 0.25) is 5.02 Å². The highest BCUT2D eigenvalue weighted by molar-refractivity contribution is 6.31. The first-order valence-electron chi connectivity index (χ1n) is 15.2. The maximum Gasteiger partial charge on any atom is 0.416 e. The van der Waals surface area contributed by atoms with Gasteiger partial charge in [-0.3, -0.25) is 19.4 Å². The minimum Gasteiger partial charge on any atom is -0.460 e. The molecule has 2 heterocycles. The van der Waals surface area contributed by atoms with E-state index in [1.54, 1.807) is 20.8 Å². The Bertz CT molecular complexity index is 1160. The Morgan fingerprint density at radius 1 is 1.10 bits per heavy atom. The Balaban J connectivity index is 1.48. The van der Waals surface area contributed by atoms with E-state index >= 15 is 0 Å². The van der Waals surface area contributed by atoms with Crippen LogP contribution in [0.25, 0.3) is 0 Å². The van der Waals surface area contributed by atoms with Gasteiger partial charge in [0.2, 0.25) is 5.91 Å². The Morgan fingerprint density at radius 2 is 1.81 bits per heavy atom. The molecule has 0 bridgehead atoms. The van der Waals surface area contributed by atoms with Crippen LogP contribution in [0, 0.1) is 11.3 Å². The van der Waals surface area contributed by atoms with Gasteiger partial charge in [0.25, 0.3) is 0 Å². The van der Waals surface area contributed by atoms with Crippen molar-refractivity contribution in [3.8, 4) is 0 Å². The molecular formula is C32H45ClF3N3O3. The zero-order valence-corrected chi connectivity index (χ0v) is 26.0. The molecule has 42 heavy (non-hydrogen) atoms. The summed E-state index contributed by atoms with van der Waals surface area (Å²) in [4.78, 5) is 31.4. The van der Waals surface area contributed by atoms with Gasteiger partial charge in [-0.25, -0.2) is 0 Å². The average Bonchev–Trinajstić information content (AvgIpc) is 3.20. The van der Waals surface area contributed by atoms with Crippen molar-refractivity contribution in [1.29, 1.82) is 0 Å². The zero-order chi connectivity index (χ0) is 30.7. The van der Waals surface area contributed by atoms with Gasteiger partial charge < -0.3 is 10.1 Å². The molecule has 1 N–H and O–H groups in total. The summed E-state index contributed by atoms with van der Waals surface area (Å²) in [6.45, 7) is 10.4. The number of benzene rings is 1. The van der Waals surface area contributed by atoms with Crippen LogP contribution in [0.5, 0.6) is 0 Å². The van der Waals surface area contributed by atoms with Gasteiger partial charge in [-0.15, -0.1) is 0 Å².